The molecule has 0 fully saturated rings. The van der Waals surface area contributed by atoms with Crippen LogP contribution >= 0.6 is 0 Å². The Morgan fingerprint density at radius 2 is 1.72 bits per heavy atom. The van der Waals surface area contributed by atoms with Crippen LogP contribution in [0.15, 0.2) is 54.7 Å². The van der Waals surface area contributed by atoms with Gasteiger partial charge in [0.2, 0.25) is 11.8 Å². The van der Waals surface area contributed by atoms with Gasteiger partial charge in [-0.2, -0.15) is 4.98 Å². The van der Waals surface area contributed by atoms with E-state index in [0.29, 0.717) is 28.3 Å². The highest BCUT2D eigenvalue weighted by molar-refractivity contribution is 6.21. The van der Waals surface area contributed by atoms with Gasteiger partial charge in [0.15, 0.2) is 0 Å². The number of hydrogen-bond donors (Lipinski definition) is 2. The predicted octanol–water partition coefficient (Wildman–Crippen LogP) is 2.05. The summed E-state index contributed by atoms with van der Waals surface area (Å²) in [6.45, 7) is 0.0169. The van der Waals surface area contributed by atoms with Crippen molar-refractivity contribution in [3.8, 4) is 11.6 Å². The van der Waals surface area contributed by atoms with Crippen LogP contribution in [0.3, 0.4) is 0 Å². The van der Waals surface area contributed by atoms with Gasteiger partial charge < -0.3 is 9.47 Å². The molecule has 162 valence electrons. The average molecular weight is 433 g/mol. The second-order valence-electron chi connectivity index (χ2n) is 6.78. The number of amides is 3. The van der Waals surface area contributed by atoms with E-state index in [1.807, 2.05) is 0 Å². The Labute approximate surface area is 183 Å². The Morgan fingerprint density at radius 3 is 2.38 bits per heavy atom. The zero-order chi connectivity index (χ0) is 22.7. The van der Waals surface area contributed by atoms with Crippen molar-refractivity contribution in [2.24, 2.45) is 0 Å². The SMILES string of the molecule is COc1ccnc(NNC(=O)c2cc(CN3C(=O)c4ccccc4C3=O)ccc2OC)n1. The van der Waals surface area contributed by atoms with Crippen LogP contribution < -0.4 is 20.3 Å². The molecule has 1 aliphatic rings. The van der Waals surface area contributed by atoms with Crippen molar-refractivity contribution in [3.63, 3.8) is 0 Å². The van der Waals surface area contributed by atoms with Gasteiger partial charge in [0.05, 0.1) is 37.5 Å². The lowest BCUT2D eigenvalue weighted by molar-refractivity contribution is 0.0642. The van der Waals surface area contributed by atoms with Gasteiger partial charge in [0.25, 0.3) is 17.7 Å². The molecule has 0 aliphatic carbocycles. The van der Waals surface area contributed by atoms with E-state index in [1.54, 1.807) is 48.5 Å². The first-order valence-electron chi connectivity index (χ1n) is 9.57. The number of methoxy groups -OCH3 is 2. The molecule has 0 radical (unpaired) electrons. The summed E-state index contributed by atoms with van der Waals surface area (Å²) < 4.78 is 10.3. The lowest BCUT2D eigenvalue weighted by Gasteiger charge is -2.16. The van der Waals surface area contributed by atoms with Gasteiger partial charge in [0.1, 0.15) is 5.75 Å². The summed E-state index contributed by atoms with van der Waals surface area (Å²) in [5.74, 6) is -0.468. The molecule has 10 heteroatoms. The first kappa shape index (κ1) is 20.8. The number of carbonyl (C=O) groups excluding carboxylic acids is 3. The maximum Gasteiger partial charge on any atom is 0.273 e. The van der Waals surface area contributed by atoms with Crippen LogP contribution in [0, 0.1) is 0 Å². The van der Waals surface area contributed by atoms with Gasteiger partial charge in [-0.25, -0.2) is 4.98 Å². The highest BCUT2D eigenvalue weighted by Gasteiger charge is 2.35. The molecular weight excluding hydrogens is 414 g/mol. The van der Waals surface area contributed by atoms with E-state index >= 15 is 0 Å². The molecule has 32 heavy (non-hydrogen) atoms. The fraction of sp³-hybridized carbons (Fsp3) is 0.136. The van der Waals surface area contributed by atoms with Crippen molar-refractivity contribution in [1.82, 2.24) is 20.3 Å². The monoisotopic (exact) mass is 433 g/mol. The molecule has 0 saturated heterocycles. The Hall–Kier alpha value is -4.47. The second kappa shape index (κ2) is 8.72. The minimum Gasteiger partial charge on any atom is -0.496 e. The number of aromatic nitrogens is 2. The first-order chi connectivity index (χ1) is 15.5. The van der Waals surface area contributed by atoms with Crippen molar-refractivity contribution in [1.29, 1.82) is 0 Å². The summed E-state index contributed by atoms with van der Waals surface area (Å²) in [7, 11) is 2.91. The summed E-state index contributed by atoms with van der Waals surface area (Å²) >= 11 is 0. The Bertz CT molecular complexity index is 1180. The molecule has 0 bridgehead atoms. The predicted molar refractivity (Wildman–Crippen MR) is 113 cm³/mol. The first-order valence-corrected chi connectivity index (χ1v) is 9.57. The number of ether oxygens (including phenoxy) is 2. The van der Waals surface area contributed by atoms with E-state index < -0.39 is 5.91 Å². The van der Waals surface area contributed by atoms with Crippen LogP contribution in [0.5, 0.6) is 11.6 Å². The normalized spacial score (nSPS) is 12.4. The van der Waals surface area contributed by atoms with E-state index in [1.165, 1.54) is 20.4 Å². The Kier molecular flexibility index (Phi) is 5.67. The zero-order valence-corrected chi connectivity index (χ0v) is 17.3. The molecule has 2 aromatic carbocycles. The Balaban J connectivity index is 1.52. The number of fused-ring (bicyclic) bond motifs is 1. The summed E-state index contributed by atoms with van der Waals surface area (Å²) in [5.41, 5.74) is 6.63. The van der Waals surface area contributed by atoms with E-state index in [4.69, 9.17) is 9.47 Å². The molecule has 0 spiro atoms. The number of carbonyl (C=O) groups is 3. The molecule has 0 atom stereocenters. The van der Waals surface area contributed by atoms with E-state index in [9.17, 15) is 14.4 Å². The maximum absolute atomic E-state index is 12.8. The molecule has 0 saturated carbocycles. The number of anilines is 1. The van der Waals surface area contributed by atoms with Crippen LogP contribution in [0.2, 0.25) is 0 Å². The smallest absolute Gasteiger partial charge is 0.273 e. The fourth-order valence-corrected chi connectivity index (χ4v) is 3.29. The van der Waals surface area contributed by atoms with Gasteiger partial charge >= 0.3 is 0 Å². The van der Waals surface area contributed by atoms with Crippen LogP contribution in [0.4, 0.5) is 5.95 Å². The summed E-state index contributed by atoms with van der Waals surface area (Å²) in [4.78, 5) is 47.2. The maximum atomic E-state index is 12.8. The topological polar surface area (TPSA) is 123 Å². The number of benzene rings is 2. The molecule has 1 aliphatic heterocycles. The molecule has 4 rings (SSSR count). The van der Waals surface area contributed by atoms with Gasteiger partial charge in [-0.05, 0) is 29.8 Å². The van der Waals surface area contributed by atoms with E-state index in [2.05, 4.69) is 20.8 Å². The summed E-state index contributed by atoms with van der Waals surface area (Å²) in [6, 6.07) is 13.1. The Morgan fingerprint density at radius 1 is 1.00 bits per heavy atom. The fourth-order valence-electron chi connectivity index (χ4n) is 3.29. The molecule has 10 nitrogen and oxygen atoms in total. The zero-order valence-electron chi connectivity index (χ0n) is 17.3. The second-order valence-corrected chi connectivity index (χ2v) is 6.78. The standard InChI is InChI=1S/C22H19N5O5/c1-31-17-8-7-13(12-27-20(29)14-5-3-4-6-15(14)21(27)30)11-16(17)19(28)25-26-22-23-10-9-18(24-22)32-2/h3-11H,12H2,1-2H3,(H,25,28)(H,23,24,26). The molecular formula is C22H19N5O5. The lowest BCUT2D eigenvalue weighted by atomic mass is 10.1. The molecule has 0 unspecified atom stereocenters. The molecule has 3 aromatic rings. The summed E-state index contributed by atoms with van der Waals surface area (Å²) in [6.07, 6.45) is 1.48. The van der Waals surface area contributed by atoms with Gasteiger partial charge in [0, 0.05) is 12.3 Å². The number of nitrogens with one attached hydrogen (secondary N) is 2. The van der Waals surface area contributed by atoms with Crippen molar-refractivity contribution < 1.29 is 23.9 Å². The van der Waals surface area contributed by atoms with E-state index in [-0.39, 0.29) is 29.9 Å². The third-order valence-electron chi connectivity index (χ3n) is 4.85. The van der Waals surface area contributed by atoms with Crippen LogP contribution in [-0.4, -0.2) is 46.8 Å². The number of nitrogens with zero attached hydrogens (tertiary/aromatic N) is 3. The largest absolute Gasteiger partial charge is 0.496 e. The summed E-state index contributed by atoms with van der Waals surface area (Å²) in [5, 5.41) is 0. The van der Waals surface area contributed by atoms with E-state index in [0.717, 1.165) is 4.90 Å². The highest BCUT2D eigenvalue weighted by atomic mass is 16.5. The van der Waals surface area contributed by atoms with Gasteiger partial charge in [-0.1, -0.05) is 18.2 Å². The third kappa shape index (κ3) is 3.93. The number of hydrazine groups is 1. The number of hydrogen-bond acceptors (Lipinski definition) is 8. The average Bonchev–Trinajstić information content (AvgIpc) is 3.07. The van der Waals surface area contributed by atoms with Crippen molar-refractivity contribution in [3.05, 3.63) is 77.0 Å². The van der Waals surface area contributed by atoms with Crippen LogP contribution in [-0.2, 0) is 6.54 Å². The highest BCUT2D eigenvalue weighted by Crippen LogP contribution is 2.26. The number of imide groups is 1. The lowest BCUT2D eigenvalue weighted by Crippen LogP contribution is -2.31. The van der Waals surface area contributed by atoms with Crippen molar-refractivity contribution in [2.75, 3.05) is 19.6 Å². The van der Waals surface area contributed by atoms with Gasteiger partial charge in [-0.3, -0.25) is 30.1 Å². The molecule has 2 heterocycles. The quantitative estimate of drug-likeness (QED) is 0.429. The molecule has 2 N–H and O–H groups in total. The third-order valence-corrected chi connectivity index (χ3v) is 4.85. The minimum atomic E-state index is -0.516. The van der Waals surface area contributed by atoms with Crippen LogP contribution in [0.25, 0.3) is 0 Å². The van der Waals surface area contributed by atoms with Crippen LogP contribution in [0.1, 0.15) is 36.6 Å². The minimum absolute atomic E-state index is 0.0169. The molecule has 3 amide bonds. The van der Waals surface area contributed by atoms with Crippen molar-refractivity contribution >= 4 is 23.7 Å². The van der Waals surface area contributed by atoms with Crippen molar-refractivity contribution in [2.45, 2.75) is 6.54 Å². The molecule has 1 aromatic heterocycles. The van der Waals surface area contributed by atoms with Gasteiger partial charge in [-0.15, -0.1) is 0 Å². The number of rotatable bonds is 7.